The summed E-state index contributed by atoms with van der Waals surface area (Å²) in [7, 11) is 0. The zero-order chi connectivity index (χ0) is 8.97. The van der Waals surface area contributed by atoms with Crippen LogP contribution in [-0.2, 0) is 4.79 Å². The first-order chi connectivity index (χ1) is 5.79. The molecule has 1 saturated heterocycles. The first-order valence-corrected chi connectivity index (χ1v) is 5.67. The summed E-state index contributed by atoms with van der Waals surface area (Å²) >= 11 is 5.71. The highest BCUT2D eigenvalue weighted by Gasteiger charge is 2.24. The van der Waals surface area contributed by atoms with Crippen molar-refractivity contribution in [1.82, 2.24) is 4.90 Å². The van der Waals surface area contributed by atoms with Gasteiger partial charge >= 0.3 is 0 Å². The van der Waals surface area contributed by atoms with E-state index in [9.17, 15) is 4.79 Å². The van der Waals surface area contributed by atoms with Gasteiger partial charge in [0.15, 0.2) is 0 Å². The molecule has 1 atom stereocenters. The Morgan fingerprint density at radius 3 is 3.08 bits per heavy atom. The molecule has 1 aliphatic heterocycles. The van der Waals surface area contributed by atoms with E-state index in [4.69, 9.17) is 5.11 Å². The summed E-state index contributed by atoms with van der Waals surface area (Å²) in [4.78, 5) is 13.0. The van der Waals surface area contributed by atoms with Crippen LogP contribution in [0, 0.1) is 0 Å². The minimum absolute atomic E-state index is 0.00315. The van der Waals surface area contributed by atoms with E-state index in [0.29, 0.717) is 0 Å². The van der Waals surface area contributed by atoms with Gasteiger partial charge in [0.25, 0.3) is 0 Å². The van der Waals surface area contributed by atoms with Crippen molar-refractivity contribution < 1.29 is 9.90 Å². The molecule has 12 heavy (non-hydrogen) atoms. The molecule has 1 heterocycles. The molecule has 1 aliphatic rings. The van der Waals surface area contributed by atoms with E-state index in [0.717, 1.165) is 18.1 Å². The van der Waals surface area contributed by atoms with E-state index in [2.05, 4.69) is 12.6 Å². The molecule has 1 N–H and O–H groups in total. The standard InChI is InChI=1S/C7H13NO2S2/c9-3-6-5-12-2-1-8(6)7(10)4-11/h6,9,11H,1-5H2. The van der Waals surface area contributed by atoms with E-state index in [1.807, 2.05) is 0 Å². The fourth-order valence-corrected chi connectivity index (χ4v) is 2.46. The summed E-state index contributed by atoms with van der Waals surface area (Å²) in [5.41, 5.74) is 0. The quantitative estimate of drug-likeness (QED) is 0.619. The molecule has 5 heteroatoms. The van der Waals surface area contributed by atoms with Crippen molar-refractivity contribution in [1.29, 1.82) is 0 Å². The summed E-state index contributed by atoms with van der Waals surface area (Å²) in [5.74, 6) is 2.07. The van der Waals surface area contributed by atoms with Crippen LogP contribution in [0.5, 0.6) is 0 Å². The zero-order valence-corrected chi connectivity index (χ0v) is 8.48. The highest BCUT2D eigenvalue weighted by Crippen LogP contribution is 2.16. The molecular weight excluding hydrogens is 194 g/mol. The molecule has 0 bridgehead atoms. The van der Waals surface area contributed by atoms with E-state index >= 15 is 0 Å². The number of hydrogen-bond donors (Lipinski definition) is 2. The normalized spacial score (nSPS) is 24.2. The number of nitrogens with zero attached hydrogens (tertiary/aromatic N) is 1. The highest BCUT2D eigenvalue weighted by molar-refractivity contribution is 7.99. The number of thiol groups is 1. The van der Waals surface area contributed by atoms with Gasteiger partial charge in [0.2, 0.25) is 5.91 Å². The average molecular weight is 207 g/mol. The zero-order valence-electron chi connectivity index (χ0n) is 6.77. The Labute approximate surface area is 81.9 Å². The summed E-state index contributed by atoms with van der Waals surface area (Å²) < 4.78 is 0. The Morgan fingerprint density at radius 1 is 1.75 bits per heavy atom. The molecule has 1 amide bonds. The predicted molar refractivity (Wildman–Crippen MR) is 53.8 cm³/mol. The van der Waals surface area contributed by atoms with Crippen LogP contribution >= 0.6 is 24.4 Å². The lowest BCUT2D eigenvalue weighted by atomic mass is 10.3. The number of carbonyl (C=O) groups excluding carboxylic acids is 1. The first-order valence-electron chi connectivity index (χ1n) is 3.88. The maximum atomic E-state index is 11.3. The molecule has 0 aromatic carbocycles. The van der Waals surface area contributed by atoms with Crippen molar-refractivity contribution in [2.24, 2.45) is 0 Å². The molecule has 0 radical (unpaired) electrons. The fraction of sp³-hybridized carbons (Fsp3) is 0.857. The van der Waals surface area contributed by atoms with Gasteiger partial charge in [-0.2, -0.15) is 24.4 Å². The van der Waals surface area contributed by atoms with Gasteiger partial charge < -0.3 is 10.0 Å². The molecule has 3 nitrogen and oxygen atoms in total. The van der Waals surface area contributed by atoms with Crippen LogP contribution in [0.2, 0.25) is 0 Å². The fourth-order valence-electron chi connectivity index (χ4n) is 1.23. The number of hydrogen-bond acceptors (Lipinski definition) is 4. The van der Waals surface area contributed by atoms with Crippen molar-refractivity contribution >= 4 is 30.3 Å². The molecule has 0 aromatic rings. The Hall–Kier alpha value is 0.130. The van der Waals surface area contributed by atoms with Crippen molar-refractivity contribution in [2.45, 2.75) is 6.04 Å². The molecule has 0 saturated carbocycles. The van der Waals surface area contributed by atoms with Gasteiger partial charge in [-0.1, -0.05) is 0 Å². The third-order valence-electron chi connectivity index (χ3n) is 1.89. The number of aliphatic hydroxyl groups excluding tert-OH is 1. The monoisotopic (exact) mass is 207 g/mol. The number of thioether (sulfide) groups is 1. The Balaban J connectivity index is 2.52. The van der Waals surface area contributed by atoms with E-state index in [1.54, 1.807) is 16.7 Å². The Bertz CT molecular complexity index is 165. The van der Waals surface area contributed by atoms with E-state index in [-0.39, 0.29) is 24.3 Å². The van der Waals surface area contributed by atoms with Crippen molar-refractivity contribution in [2.75, 3.05) is 30.4 Å². The van der Waals surface area contributed by atoms with Crippen LogP contribution in [0.15, 0.2) is 0 Å². The van der Waals surface area contributed by atoms with Crippen LogP contribution in [0.1, 0.15) is 0 Å². The summed E-state index contributed by atoms with van der Waals surface area (Å²) in [6.07, 6.45) is 0. The SMILES string of the molecule is O=C(CS)N1CCSCC1CO. The molecule has 1 rings (SSSR count). The molecule has 1 fully saturated rings. The van der Waals surface area contributed by atoms with Gasteiger partial charge in [-0.25, -0.2) is 0 Å². The van der Waals surface area contributed by atoms with Crippen molar-refractivity contribution in [3.05, 3.63) is 0 Å². The van der Waals surface area contributed by atoms with Gasteiger partial charge in [-0.05, 0) is 0 Å². The lowest BCUT2D eigenvalue weighted by Gasteiger charge is -2.33. The van der Waals surface area contributed by atoms with Gasteiger partial charge in [0.05, 0.1) is 18.4 Å². The van der Waals surface area contributed by atoms with Gasteiger partial charge in [0, 0.05) is 18.1 Å². The third kappa shape index (κ3) is 2.31. The van der Waals surface area contributed by atoms with E-state index < -0.39 is 0 Å². The maximum absolute atomic E-state index is 11.3. The summed E-state index contributed by atoms with van der Waals surface area (Å²) in [6.45, 7) is 0.807. The van der Waals surface area contributed by atoms with Crippen molar-refractivity contribution in [3.63, 3.8) is 0 Å². The topological polar surface area (TPSA) is 40.5 Å². The molecular formula is C7H13NO2S2. The lowest BCUT2D eigenvalue weighted by Crippen LogP contribution is -2.48. The largest absolute Gasteiger partial charge is 0.394 e. The molecule has 0 spiro atoms. The highest BCUT2D eigenvalue weighted by atomic mass is 32.2. The average Bonchev–Trinajstić information content (AvgIpc) is 2.16. The molecule has 0 aromatic heterocycles. The predicted octanol–water partition coefficient (Wildman–Crippen LogP) is -0.147. The number of aliphatic hydroxyl groups is 1. The van der Waals surface area contributed by atoms with E-state index in [1.165, 1.54) is 0 Å². The van der Waals surface area contributed by atoms with Gasteiger partial charge in [-0.3, -0.25) is 4.79 Å². The molecule has 1 unspecified atom stereocenters. The smallest absolute Gasteiger partial charge is 0.232 e. The first kappa shape index (κ1) is 10.2. The van der Waals surface area contributed by atoms with Crippen LogP contribution in [-0.4, -0.2) is 52.4 Å². The second kappa shape index (κ2) is 4.99. The molecule has 0 aliphatic carbocycles. The number of carbonyl (C=O) groups is 1. The van der Waals surface area contributed by atoms with Crippen LogP contribution in [0.25, 0.3) is 0 Å². The third-order valence-corrected chi connectivity index (χ3v) is 3.26. The maximum Gasteiger partial charge on any atom is 0.232 e. The lowest BCUT2D eigenvalue weighted by molar-refractivity contribution is -0.130. The number of amides is 1. The van der Waals surface area contributed by atoms with Crippen molar-refractivity contribution in [3.8, 4) is 0 Å². The summed E-state index contributed by atoms with van der Waals surface area (Å²) in [6, 6.07) is 0.00315. The Morgan fingerprint density at radius 2 is 2.50 bits per heavy atom. The second-order valence-corrected chi connectivity index (χ2v) is 4.12. The van der Waals surface area contributed by atoms with Crippen LogP contribution in [0.4, 0.5) is 0 Å². The second-order valence-electron chi connectivity index (χ2n) is 2.66. The summed E-state index contributed by atoms with van der Waals surface area (Å²) in [5, 5.41) is 8.97. The minimum atomic E-state index is 0.00315. The van der Waals surface area contributed by atoms with Gasteiger partial charge in [-0.15, -0.1) is 0 Å². The number of rotatable bonds is 2. The minimum Gasteiger partial charge on any atom is -0.394 e. The van der Waals surface area contributed by atoms with Gasteiger partial charge in [0.1, 0.15) is 0 Å². The molecule has 70 valence electrons. The van der Waals surface area contributed by atoms with Crippen LogP contribution < -0.4 is 0 Å². The van der Waals surface area contributed by atoms with Crippen LogP contribution in [0.3, 0.4) is 0 Å². The Kier molecular flexibility index (Phi) is 4.25.